The largest absolute Gasteiger partial charge is 0.376 e. The van der Waals surface area contributed by atoms with Crippen LogP contribution in [-0.4, -0.2) is 42.5 Å². The molecular formula is C13H23N3O3. The van der Waals surface area contributed by atoms with Gasteiger partial charge in [-0.25, -0.2) is 0 Å². The molecule has 108 valence electrons. The summed E-state index contributed by atoms with van der Waals surface area (Å²) < 4.78 is 16.3. The molecule has 6 nitrogen and oxygen atoms in total. The van der Waals surface area contributed by atoms with E-state index in [1.165, 1.54) is 0 Å². The van der Waals surface area contributed by atoms with Gasteiger partial charge in [0.2, 0.25) is 11.7 Å². The summed E-state index contributed by atoms with van der Waals surface area (Å²) in [6.45, 7) is 9.00. The van der Waals surface area contributed by atoms with Gasteiger partial charge in [-0.3, -0.25) is 0 Å². The first-order valence-corrected chi connectivity index (χ1v) is 7.02. The van der Waals surface area contributed by atoms with Crippen molar-refractivity contribution in [3.63, 3.8) is 0 Å². The van der Waals surface area contributed by atoms with Gasteiger partial charge in [-0.2, -0.15) is 4.98 Å². The minimum absolute atomic E-state index is 0.190. The third-order valence-electron chi connectivity index (χ3n) is 3.46. The molecule has 3 unspecified atom stereocenters. The first-order chi connectivity index (χ1) is 9.26. The van der Waals surface area contributed by atoms with Crippen molar-refractivity contribution >= 4 is 0 Å². The highest BCUT2D eigenvalue weighted by molar-refractivity contribution is 4.99. The van der Waals surface area contributed by atoms with E-state index in [1.807, 2.05) is 0 Å². The zero-order valence-corrected chi connectivity index (χ0v) is 11.9. The van der Waals surface area contributed by atoms with Crippen molar-refractivity contribution in [2.45, 2.75) is 45.3 Å². The van der Waals surface area contributed by atoms with Crippen molar-refractivity contribution in [2.75, 3.05) is 26.4 Å². The Hall–Kier alpha value is -0.980. The van der Waals surface area contributed by atoms with E-state index in [9.17, 15) is 0 Å². The van der Waals surface area contributed by atoms with E-state index in [0.29, 0.717) is 37.6 Å². The van der Waals surface area contributed by atoms with E-state index in [4.69, 9.17) is 14.0 Å². The summed E-state index contributed by atoms with van der Waals surface area (Å²) >= 11 is 0. The average Bonchev–Trinajstić information content (AvgIpc) is 2.95. The molecule has 1 aliphatic heterocycles. The Morgan fingerprint density at radius 2 is 2.21 bits per heavy atom. The molecule has 1 aromatic heterocycles. The molecule has 1 aromatic rings. The number of nitrogens with zero attached hydrogens (tertiary/aromatic N) is 2. The Bertz CT molecular complexity index is 377. The third kappa shape index (κ3) is 3.52. The van der Waals surface area contributed by atoms with Crippen molar-refractivity contribution in [1.29, 1.82) is 0 Å². The maximum Gasteiger partial charge on any atom is 0.231 e. The quantitative estimate of drug-likeness (QED) is 0.847. The highest BCUT2D eigenvalue weighted by Crippen LogP contribution is 2.23. The number of ether oxygens (including phenoxy) is 2. The van der Waals surface area contributed by atoms with Crippen LogP contribution in [0.25, 0.3) is 0 Å². The smallest absolute Gasteiger partial charge is 0.231 e. The Morgan fingerprint density at radius 3 is 2.84 bits per heavy atom. The summed E-state index contributed by atoms with van der Waals surface area (Å²) in [7, 11) is 0. The van der Waals surface area contributed by atoms with E-state index in [1.54, 1.807) is 0 Å². The normalized spacial score (nSPS) is 23.2. The molecule has 0 radical (unpaired) electrons. The Labute approximate surface area is 113 Å². The lowest BCUT2D eigenvalue weighted by atomic mass is 9.99. The first-order valence-electron chi connectivity index (χ1n) is 7.02. The van der Waals surface area contributed by atoms with Crippen molar-refractivity contribution in [3.8, 4) is 0 Å². The monoisotopic (exact) mass is 269 g/mol. The first kappa shape index (κ1) is 14.4. The topological polar surface area (TPSA) is 69.4 Å². The standard InChI is InChI=1S/C13H23N3O3/c1-4-10(14-5-2)9(3)13-15-12(16-19-13)11-8-17-6-7-18-11/h9-11,14H,4-8H2,1-3H3. The van der Waals surface area contributed by atoms with E-state index in [0.717, 1.165) is 13.0 Å². The minimum Gasteiger partial charge on any atom is -0.376 e. The molecule has 0 amide bonds. The third-order valence-corrected chi connectivity index (χ3v) is 3.46. The Morgan fingerprint density at radius 1 is 1.37 bits per heavy atom. The molecule has 1 aliphatic rings. The van der Waals surface area contributed by atoms with Gasteiger partial charge in [-0.1, -0.05) is 25.9 Å². The fourth-order valence-corrected chi connectivity index (χ4v) is 2.31. The average molecular weight is 269 g/mol. The Balaban J connectivity index is 2.02. The van der Waals surface area contributed by atoms with Crippen LogP contribution in [-0.2, 0) is 9.47 Å². The minimum atomic E-state index is -0.197. The van der Waals surface area contributed by atoms with Gasteiger partial charge in [0.05, 0.1) is 25.7 Å². The molecule has 19 heavy (non-hydrogen) atoms. The predicted octanol–water partition coefficient (Wildman–Crippen LogP) is 1.65. The SMILES string of the molecule is CCNC(CC)C(C)c1nc(C2COCCO2)no1. The molecule has 2 heterocycles. The molecule has 0 aliphatic carbocycles. The second-order valence-electron chi connectivity index (χ2n) is 4.79. The van der Waals surface area contributed by atoms with Gasteiger partial charge in [-0.15, -0.1) is 0 Å². The molecule has 1 saturated heterocycles. The molecule has 0 spiro atoms. The highest BCUT2D eigenvalue weighted by atomic mass is 16.6. The molecule has 2 rings (SSSR count). The van der Waals surface area contributed by atoms with Crippen molar-refractivity contribution in [1.82, 2.24) is 15.5 Å². The Kier molecular flexibility index (Phi) is 5.30. The van der Waals surface area contributed by atoms with Crippen LogP contribution in [0.5, 0.6) is 0 Å². The number of hydrogen-bond acceptors (Lipinski definition) is 6. The van der Waals surface area contributed by atoms with Crippen LogP contribution in [0.1, 0.15) is 50.9 Å². The number of rotatable bonds is 6. The molecule has 1 N–H and O–H groups in total. The second kappa shape index (κ2) is 6.98. The van der Waals surface area contributed by atoms with E-state index in [-0.39, 0.29) is 12.0 Å². The van der Waals surface area contributed by atoms with Crippen LogP contribution in [0.15, 0.2) is 4.52 Å². The summed E-state index contributed by atoms with van der Waals surface area (Å²) in [6, 6.07) is 0.349. The van der Waals surface area contributed by atoms with Gasteiger partial charge in [0.25, 0.3) is 0 Å². The number of aromatic nitrogens is 2. The zero-order valence-electron chi connectivity index (χ0n) is 11.9. The van der Waals surface area contributed by atoms with Gasteiger partial charge in [0.1, 0.15) is 6.10 Å². The predicted molar refractivity (Wildman–Crippen MR) is 70.0 cm³/mol. The molecular weight excluding hydrogens is 246 g/mol. The van der Waals surface area contributed by atoms with Gasteiger partial charge in [-0.05, 0) is 13.0 Å². The molecule has 0 saturated carbocycles. The maximum atomic E-state index is 5.57. The fourth-order valence-electron chi connectivity index (χ4n) is 2.31. The lowest BCUT2D eigenvalue weighted by Crippen LogP contribution is -2.33. The lowest BCUT2D eigenvalue weighted by molar-refractivity contribution is -0.0941. The van der Waals surface area contributed by atoms with Crippen LogP contribution >= 0.6 is 0 Å². The van der Waals surface area contributed by atoms with E-state index in [2.05, 4.69) is 36.2 Å². The zero-order chi connectivity index (χ0) is 13.7. The lowest BCUT2D eigenvalue weighted by Gasteiger charge is -2.21. The summed E-state index contributed by atoms with van der Waals surface area (Å²) in [5.41, 5.74) is 0. The second-order valence-corrected chi connectivity index (χ2v) is 4.79. The maximum absolute atomic E-state index is 5.57. The van der Waals surface area contributed by atoms with Gasteiger partial charge in [0.15, 0.2) is 0 Å². The van der Waals surface area contributed by atoms with Crippen LogP contribution < -0.4 is 5.32 Å². The van der Waals surface area contributed by atoms with Crippen molar-refractivity contribution in [3.05, 3.63) is 11.7 Å². The van der Waals surface area contributed by atoms with Crippen LogP contribution in [0.2, 0.25) is 0 Å². The van der Waals surface area contributed by atoms with Gasteiger partial charge < -0.3 is 19.3 Å². The van der Waals surface area contributed by atoms with Crippen molar-refractivity contribution in [2.24, 2.45) is 0 Å². The van der Waals surface area contributed by atoms with E-state index >= 15 is 0 Å². The summed E-state index contributed by atoms with van der Waals surface area (Å²) in [5, 5.41) is 7.45. The summed E-state index contributed by atoms with van der Waals surface area (Å²) in [5.74, 6) is 1.44. The summed E-state index contributed by atoms with van der Waals surface area (Å²) in [4.78, 5) is 4.46. The van der Waals surface area contributed by atoms with Gasteiger partial charge >= 0.3 is 0 Å². The number of hydrogen-bond donors (Lipinski definition) is 1. The van der Waals surface area contributed by atoms with Crippen LogP contribution in [0, 0.1) is 0 Å². The molecule has 6 heteroatoms. The molecule has 0 bridgehead atoms. The fraction of sp³-hybridized carbons (Fsp3) is 0.846. The number of nitrogens with one attached hydrogen (secondary N) is 1. The van der Waals surface area contributed by atoms with E-state index < -0.39 is 0 Å². The molecule has 1 fully saturated rings. The van der Waals surface area contributed by atoms with Gasteiger partial charge in [0, 0.05) is 6.04 Å². The molecule has 0 aromatic carbocycles. The number of likely N-dealkylation sites (N-methyl/N-ethyl adjacent to an activating group) is 1. The van der Waals surface area contributed by atoms with Crippen LogP contribution in [0.3, 0.4) is 0 Å². The molecule has 3 atom stereocenters. The summed E-state index contributed by atoms with van der Waals surface area (Å²) in [6.07, 6.45) is 0.827. The van der Waals surface area contributed by atoms with Crippen LogP contribution in [0.4, 0.5) is 0 Å². The highest BCUT2D eigenvalue weighted by Gasteiger charge is 2.26. The van der Waals surface area contributed by atoms with Crippen molar-refractivity contribution < 1.29 is 14.0 Å².